The highest BCUT2D eigenvalue weighted by molar-refractivity contribution is 6.03. The zero-order valence-corrected chi connectivity index (χ0v) is 15.6. The van der Waals surface area contributed by atoms with Crippen molar-refractivity contribution in [3.05, 3.63) is 64.7 Å². The zero-order valence-electron chi connectivity index (χ0n) is 15.6. The van der Waals surface area contributed by atoms with E-state index in [1.165, 1.54) is 12.1 Å². The highest BCUT2D eigenvalue weighted by Gasteiger charge is 2.29. The number of hydrogen-bond acceptors (Lipinski definition) is 4. The van der Waals surface area contributed by atoms with Gasteiger partial charge < -0.3 is 5.32 Å². The van der Waals surface area contributed by atoms with Gasteiger partial charge in [0.1, 0.15) is 0 Å². The lowest BCUT2D eigenvalue weighted by Gasteiger charge is -2.08. The first-order valence-electron chi connectivity index (χ1n) is 9.47. The number of unbranched alkanes of at least 4 members (excludes halogenated alkanes) is 1. The van der Waals surface area contributed by atoms with E-state index in [9.17, 15) is 18.0 Å². The standard InChI is InChI=1S/C21H20F3N3O2/c22-21(23,24)16-8-5-13(6-9-16)3-1-2-4-19-26-20(27-29-19)14-7-10-17-15(11-14)12-18(28)25-17/h5-11,19H,1-4,12H2,(H,25,28)(H,26,27). The number of carbonyl (C=O) groups excluding carboxylic acids is 1. The molecule has 29 heavy (non-hydrogen) atoms. The lowest BCUT2D eigenvalue weighted by atomic mass is 10.0. The van der Waals surface area contributed by atoms with Crippen LogP contribution in [0, 0.1) is 0 Å². The molecule has 8 heteroatoms. The number of aliphatic imine (C=N–C) groups is 1. The van der Waals surface area contributed by atoms with Crippen LogP contribution >= 0.6 is 0 Å². The summed E-state index contributed by atoms with van der Waals surface area (Å²) >= 11 is 0. The van der Waals surface area contributed by atoms with Crippen molar-refractivity contribution in [2.75, 3.05) is 5.32 Å². The molecule has 2 aromatic rings. The number of nitrogens with zero attached hydrogens (tertiary/aromatic N) is 1. The summed E-state index contributed by atoms with van der Waals surface area (Å²) in [6, 6.07) is 11.0. The van der Waals surface area contributed by atoms with Gasteiger partial charge >= 0.3 is 6.18 Å². The van der Waals surface area contributed by atoms with Gasteiger partial charge in [0.2, 0.25) is 5.91 Å². The monoisotopic (exact) mass is 403 g/mol. The minimum absolute atomic E-state index is 0.0133. The first-order valence-corrected chi connectivity index (χ1v) is 9.47. The molecular formula is C21H20F3N3O2. The van der Waals surface area contributed by atoms with Crippen molar-refractivity contribution in [1.29, 1.82) is 0 Å². The SMILES string of the molecule is O=C1Cc2cc(C3=NC(CCCCc4ccc(C(F)(F)F)cc4)ON3)ccc2N1. The van der Waals surface area contributed by atoms with Crippen molar-refractivity contribution < 1.29 is 22.8 Å². The molecule has 2 aromatic carbocycles. The number of halogens is 3. The minimum atomic E-state index is -4.30. The lowest BCUT2D eigenvalue weighted by molar-refractivity contribution is -0.137. The van der Waals surface area contributed by atoms with Gasteiger partial charge in [-0.05, 0) is 67.1 Å². The molecule has 0 saturated carbocycles. The fourth-order valence-electron chi connectivity index (χ4n) is 3.46. The van der Waals surface area contributed by atoms with Crippen LogP contribution in [0.1, 0.15) is 41.5 Å². The van der Waals surface area contributed by atoms with Gasteiger partial charge in [-0.3, -0.25) is 4.79 Å². The van der Waals surface area contributed by atoms with Gasteiger partial charge in [0.25, 0.3) is 0 Å². The van der Waals surface area contributed by atoms with E-state index < -0.39 is 11.7 Å². The summed E-state index contributed by atoms with van der Waals surface area (Å²) in [6.45, 7) is 0. The van der Waals surface area contributed by atoms with Crippen molar-refractivity contribution >= 4 is 17.4 Å². The number of aryl methyl sites for hydroxylation is 1. The number of anilines is 1. The number of alkyl halides is 3. The summed E-state index contributed by atoms with van der Waals surface area (Å²) in [6.07, 6.45) is -1.14. The Labute approximate surface area is 165 Å². The molecular weight excluding hydrogens is 383 g/mol. The van der Waals surface area contributed by atoms with Crippen LogP contribution in [0.5, 0.6) is 0 Å². The predicted molar refractivity (Wildman–Crippen MR) is 102 cm³/mol. The summed E-state index contributed by atoms with van der Waals surface area (Å²) < 4.78 is 37.8. The van der Waals surface area contributed by atoms with Gasteiger partial charge in [-0.25, -0.2) is 15.3 Å². The Hall–Kier alpha value is -2.87. The third-order valence-corrected chi connectivity index (χ3v) is 5.02. The van der Waals surface area contributed by atoms with Crippen LogP contribution in [0.25, 0.3) is 0 Å². The molecule has 4 rings (SSSR count). The summed E-state index contributed by atoms with van der Waals surface area (Å²) in [5, 5.41) is 2.80. The molecule has 1 unspecified atom stereocenters. The second-order valence-electron chi connectivity index (χ2n) is 7.19. The van der Waals surface area contributed by atoms with Gasteiger partial charge in [-0.1, -0.05) is 12.1 Å². The van der Waals surface area contributed by atoms with Gasteiger partial charge in [-0.15, -0.1) is 0 Å². The quantitative estimate of drug-likeness (QED) is 0.710. The van der Waals surface area contributed by atoms with E-state index in [0.717, 1.165) is 47.4 Å². The van der Waals surface area contributed by atoms with Crippen molar-refractivity contribution in [1.82, 2.24) is 5.48 Å². The maximum atomic E-state index is 12.6. The van der Waals surface area contributed by atoms with E-state index in [2.05, 4.69) is 15.8 Å². The molecule has 0 radical (unpaired) electrons. The first kappa shape index (κ1) is 19.4. The van der Waals surface area contributed by atoms with Crippen molar-refractivity contribution in [3.63, 3.8) is 0 Å². The maximum Gasteiger partial charge on any atom is 0.416 e. The van der Waals surface area contributed by atoms with Crippen LogP contribution in [-0.2, 0) is 28.7 Å². The Balaban J connectivity index is 1.26. The average molecular weight is 403 g/mol. The molecule has 2 heterocycles. The number of nitrogens with one attached hydrogen (secondary N) is 2. The molecule has 0 saturated heterocycles. The van der Waals surface area contributed by atoms with E-state index in [1.807, 2.05) is 18.2 Å². The van der Waals surface area contributed by atoms with Gasteiger partial charge in [0.05, 0.1) is 12.0 Å². The number of fused-ring (bicyclic) bond motifs is 1. The second-order valence-corrected chi connectivity index (χ2v) is 7.19. The summed E-state index contributed by atoms with van der Waals surface area (Å²) in [5.74, 6) is 0.625. The van der Waals surface area contributed by atoms with Crippen LogP contribution in [0.4, 0.5) is 18.9 Å². The smallest absolute Gasteiger partial charge is 0.326 e. The highest BCUT2D eigenvalue weighted by Crippen LogP contribution is 2.29. The van der Waals surface area contributed by atoms with Crippen LogP contribution in [0.3, 0.4) is 0 Å². The zero-order chi connectivity index (χ0) is 20.4. The molecule has 0 spiro atoms. The number of rotatable bonds is 6. The first-order chi connectivity index (χ1) is 13.9. The Bertz CT molecular complexity index is 939. The maximum absolute atomic E-state index is 12.6. The van der Waals surface area contributed by atoms with Crippen LogP contribution < -0.4 is 10.8 Å². The van der Waals surface area contributed by atoms with Crippen molar-refractivity contribution in [3.8, 4) is 0 Å². The van der Waals surface area contributed by atoms with Gasteiger partial charge in [0, 0.05) is 11.3 Å². The van der Waals surface area contributed by atoms with Crippen LogP contribution in [0.2, 0.25) is 0 Å². The van der Waals surface area contributed by atoms with Gasteiger partial charge in [0.15, 0.2) is 12.1 Å². The second kappa shape index (κ2) is 7.87. The predicted octanol–water partition coefficient (Wildman–Crippen LogP) is 4.22. The molecule has 5 nitrogen and oxygen atoms in total. The lowest BCUT2D eigenvalue weighted by Crippen LogP contribution is -2.19. The Morgan fingerprint density at radius 2 is 1.90 bits per heavy atom. The fraction of sp³-hybridized carbons (Fsp3) is 0.333. The summed E-state index contributed by atoms with van der Waals surface area (Å²) in [5.41, 5.74) is 5.74. The molecule has 152 valence electrons. The number of hydroxylamine groups is 1. The van der Waals surface area contributed by atoms with Gasteiger partial charge in [-0.2, -0.15) is 13.2 Å². The average Bonchev–Trinajstić information content (AvgIpc) is 3.30. The van der Waals surface area contributed by atoms with E-state index in [1.54, 1.807) is 0 Å². The fourth-order valence-corrected chi connectivity index (χ4v) is 3.46. The molecule has 2 aliphatic rings. The topological polar surface area (TPSA) is 62.7 Å². The Kier molecular flexibility index (Phi) is 5.27. The van der Waals surface area contributed by atoms with Crippen LogP contribution in [-0.4, -0.2) is 18.0 Å². The molecule has 0 aliphatic carbocycles. The molecule has 0 bridgehead atoms. The molecule has 0 aromatic heterocycles. The number of carbonyl (C=O) groups is 1. The number of amidine groups is 1. The van der Waals surface area contributed by atoms with E-state index in [-0.39, 0.29) is 12.1 Å². The third-order valence-electron chi connectivity index (χ3n) is 5.02. The highest BCUT2D eigenvalue weighted by atomic mass is 19.4. The Morgan fingerprint density at radius 3 is 2.66 bits per heavy atom. The van der Waals surface area contributed by atoms with E-state index in [0.29, 0.717) is 25.1 Å². The Morgan fingerprint density at radius 1 is 1.10 bits per heavy atom. The number of amides is 1. The molecule has 2 N–H and O–H groups in total. The minimum Gasteiger partial charge on any atom is -0.326 e. The normalized spacial score (nSPS) is 18.2. The van der Waals surface area contributed by atoms with E-state index in [4.69, 9.17) is 4.84 Å². The molecule has 1 amide bonds. The molecule has 2 aliphatic heterocycles. The number of hydrogen-bond donors (Lipinski definition) is 2. The largest absolute Gasteiger partial charge is 0.416 e. The van der Waals surface area contributed by atoms with Crippen molar-refractivity contribution in [2.45, 2.75) is 44.5 Å². The molecule has 0 fully saturated rings. The molecule has 1 atom stereocenters. The number of benzene rings is 2. The van der Waals surface area contributed by atoms with Crippen LogP contribution in [0.15, 0.2) is 47.5 Å². The van der Waals surface area contributed by atoms with E-state index >= 15 is 0 Å². The summed E-state index contributed by atoms with van der Waals surface area (Å²) in [7, 11) is 0. The van der Waals surface area contributed by atoms with Crippen molar-refractivity contribution in [2.24, 2.45) is 4.99 Å². The summed E-state index contributed by atoms with van der Waals surface area (Å²) in [4.78, 5) is 21.5. The third kappa shape index (κ3) is 4.59.